The van der Waals surface area contributed by atoms with Gasteiger partial charge in [0.1, 0.15) is 5.75 Å². The van der Waals surface area contributed by atoms with Gasteiger partial charge in [-0.2, -0.15) is 0 Å². The van der Waals surface area contributed by atoms with Crippen molar-refractivity contribution in [2.24, 2.45) is 11.7 Å². The lowest BCUT2D eigenvalue weighted by molar-refractivity contribution is -0.0651. The number of pyridine rings is 1. The molecule has 5 rings (SSSR count). The smallest absolute Gasteiger partial charge is 0.122 e. The summed E-state index contributed by atoms with van der Waals surface area (Å²) in [5, 5.41) is 11.8. The predicted octanol–water partition coefficient (Wildman–Crippen LogP) is 4.10. The zero-order valence-electron chi connectivity index (χ0n) is 18.1. The van der Waals surface area contributed by atoms with Crippen LogP contribution in [0.4, 0.5) is 0 Å². The Balaban J connectivity index is 1.24. The van der Waals surface area contributed by atoms with Crippen molar-refractivity contribution in [1.82, 2.24) is 9.88 Å². The van der Waals surface area contributed by atoms with Crippen LogP contribution in [0.1, 0.15) is 41.3 Å². The van der Waals surface area contributed by atoms with Crippen LogP contribution in [0.3, 0.4) is 0 Å². The number of nitrogens with zero attached hydrogens (tertiary/aromatic N) is 2. The molecule has 31 heavy (non-hydrogen) atoms. The highest BCUT2D eigenvalue weighted by atomic mass is 16.5. The Kier molecular flexibility index (Phi) is 5.65. The third-order valence-corrected chi connectivity index (χ3v) is 7.03. The number of rotatable bonds is 4. The summed E-state index contributed by atoms with van der Waals surface area (Å²) in [6.45, 7) is 5.37. The summed E-state index contributed by atoms with van der Waals surface area (Å²) in [5.41, 5.74) is 11.2. The number of hydrogen-bond donors (Lipinski definition) is 2. The molecular weight excluding hydrogens is 386 g/mol. The quantitative estimate of drug-likeness (QED) is 0.669. The van der Waals surface area contributed by atoms with Crippen molar-refractivity contribution in [3.63, 3.8) is 0 Å². The van der Waals surface area contributed by atoms with Gasteiger partial charge in [-0.3, -0.25) is 9.88 Å². The molecule has 0 radical (unpaired) electrons. The molecule has 2 aromatic carbocycles. The highest BCUT2D eigenvalue weighted by Crippen LogP contribution is 2.40. The monoisotopic (exact) mass is 417 g/mol. The molecule has 2 atom stereocenters. The molecule has 3 N–H and O–H groups in total. The first-order valence-electron chi connectivity index (χ1n) is 11.4. The Labute approximate surface area is 183 Å². The summed E-state index contributed by atoms with van der Waals surface area (Å²) in [4.78, 5) is 7.33. The first kappa shape index (κ1) is 20.4. The first-order chi connectivity index (χ1) is 15.1. The van der Waals surface area contributed by atoms with E-state index >= 15 is 0 Å². The van der Waals surface area contributed by atoms with Gasteiger partial charge >= 0.3 is 0 Å². The average molecular weight is 418 g/mol. The number of likely N-dealkylation sites (tertiary alicyclic amines) is 1. The highest BCUT2D eigenvalue weighted by Gasteiger charge is 2.35. The van der Waals surface area contributed by atoms with Crippen LogP contribution in [0.5, 0.6) is 5.75 Å². The zero-order valence-corrected chi connectivity index (χ0v) is 18.1. The minimum absolute atomic E-state index is 0.120. The topological polar surface area (TPSA) is 71.6 Å². The van der Waals surface area contributed by atoms with Gasteiger partial charge in [0, 0.05) is 30.5 Å². The minimum atomic E-state index is -0.125. The second-order valence-corrected chi connectivity index (χ2v) is 9.01. The molecule has 5 heteroatoms. The third-order valence-electron chi connectivity index (χ3n) is 7.03. The molecule has 3 aromatic rings. The molecule has 0 unspecified atom stereocenters. The summed E-state index contributed by atoms with van der Waals surface area (Å²) in [7, 11) is 0. The van der Waals surface area contributed by atoms with E-state index in [4.69, 9.17) is 15.5 Å². The van der Waals surface area contributed by atoms with Crippen molar-refractivity contribution < 1.29 is 9.84 Å². The maximum absolute atomic E-state index is 10.6. The third kappa shape index (κ3) is 4.05. The van der Waals surface area contributed by atoms with Gasteiger partial charge in [-0.15, -0.1) is 0 Å². The molecule has 0 aliphatic carbocycles. The number of piperidine rings is 1. The summed E-state index contributed by atoms with van der Waals surface area (Å²) in [5.74, 6) is 0.909. The molecule has 1 aromatic heterocycles. The summed E-state index contributed by atoms with van der Waals surface area (Å²) in [6.07, 6.45) is 2.96. The van der Waals surface area contributed by atoms with E-state index in [1.165, 1.54) is 5.39 Å². The van der Waals surface area contributed by atoms with Crippen molar-refractivity contribution in [2.45, 2.75) is 44.9 Å². The normalized spacial score (nSPS) is 22.5. The highest BCUT2D eigenvalue weighted by molar-refractivity contribution is 5.78. The number of aryl methyl sites for hydroxylation is 1. The van der Waals surface area contributed by atoms with Gasteiger partial charge in [-0.1, -0.05) is 36.4 Å². The molecule has 2 aliphatic heterocycles. The zero-order chi connectivity index (χ0) is 21.4. The van der Waals surface area contributed by atoms with Crippen molar-refractivity contribution in [3.05, 3.63) is 70.9 Å². The lowest BCUT2D eigenvalue weighted by Crippen LogP contribution is -2.42. The molecule has 162 valence electrons. The molecule has 1 fully saturated rings. The number of phenolic OH excluding ortho intramolecular Hbond substituents is 1. The molecule has 3 heterocycles. The first-order valence-corrected chi connectivity index (χ1v) is 11.4. The van der Waals surface area contributed by atoms with Gasteiger partial charge in [-0.05, 0) is 62.0 Å². The SMILES string of the molecule is Cc1ccc2c(c1O)C[C@@H](C1CCN(Cc3ccc4ccccc4n3)CC1)O[C@H]2CN. The lowest BCUT2D eigenvalue weighted by Gasteiger charge is -2.40. The molecule has 1 saturated heterocycles. The number of benzene rings is 2. The Bertz CT molecular complexity index is 1080. The molecule has 0 saturated carbocycles. The van der Waals surface area contributed by atoms with Crippen LogP contribution in [0.2, 0.25) is 0 Å². The molecule has 0 spiro atoms. The number of para-hydroxylation sites is 1. The van der Waals surface area contributed by atoms with E-state index in [1.54, 1.807) is 0 Å². The molecule has 2 aliphatic rings. The Hall–Kier alpha value is -2.47. The standard InChI is InChI=1S/C26H31N3O2/c1-17-6-9-21-22(26(17)30)14-24(31-25(21)15-27)19-10-12-29(13-11-19)16-20-8-7-18-4-2-3-5-23(18)28-20/h2-9,19,24-25,30H,10-16,27H2,1H3/t24-,25-/m0/s1. The van der Waals surface area contributed by atoms with E-state index in [-0.39, 0.29) is 12.2 Å². The van der Waals surface area contributed by atoms with Crippen LogP contribution in [0.15, 0.2) is 48.5 Å². The van der Waals surface area contributed by atoms with E-state index in [9.17, 15) is 5.11 Å². The number of aromatic hydroxyl groups is 1. The van der Waals surface area contributed by atoms with Crippen LogP contribution in [-0.2, 0) is 17.7 Å². The Morgan fingerprint density at radius 1 is 1.10 bits per heavy atom. The van der Waals surface area contributed by atoms with Crippen LogP contribution in [0, 0.1) is 12.8 Å². The van der Waals surface area contributed by atoms with Gasteiger partial charge in [0.2, 0.25) is 0 Å². The van der Waals surface area contributed by atoms with E-state index in [2.05, 4.69) is 41.3 Å². The minimum Gasteiger partial charge on any atom is -0.507 e. The summed E-state index contributed by atoms with van der Waals surface area (Å²) in [6, 6.07) is 16.6. The summed E-state index contributed by atoms with van der Waals surface area (Å²) >= 11 is 0. The van der Waals surface area contributed by atoms with Crippen molar-refractivity contribution in [3.8, 4) is 5.75 Å². The van der Waals surface area contributed by atoms with Gasteiger partial charge in [0.25, 0.3) is 0 Å². The van der Waals surface area contributed by atoms with E-state index < -0.39 is 0 Å². The number of hydrogen-bond acceptors (Lipinski definition) is 5. The second-order valence-electron chi connectivity index (χ2n) is 9.01. The molecule has 0 amide bonds. The fourth-order valence-corrected chi connectivity index (χ4v) is 5.19. The van der Waals surface area contributed by atoms with Crippen LogP contribution >= 0.6 is 0 Å². The van der Waals surface area contributed by atoms with Gasteiger partial charge < -0.3 is 15.6 Å². The Morgan fingerprint density at radius 2 is 1.90 bits per heavy atom. The maximum Gasteiger partial charge on any atom is 0.122 e. The predicted molar refractivity (Wildman–Crippen MR) is 123 cm³/mol. The van der Waals surface area contributed by atoms with Crippen molar-refractivity contribution >= 4 is 10.9 Å². The number of aromatic nitrogens is 1. The van der Waals surface area contributed by atoms with Crippen molar-refractivity contribution in [2.75, 3.05) is 19.6 Å². The average Bonchev–Trinajstić information content (AvgIpc) is 2.81. The van der Waals surface area contributed by atoms with Crippen LogP contribution < -0.4 is 5.73 Å². The molecule has 5 nitrogen and oxygen atoms in total. The number of nitrogens with two attached hydrogens (primary N) is 1. The van der Waals surface area contributed by atoms with Crippen molar-refractivity contribution in [1.29, 1.82) is 0 Å². The van der Waals surface area contributed by atoms with Gasteiger partial charge in [0.05, 0.1) is 23.4 Å². The number of fused-ring (bicyclic) bond motifs is 2. The fourth-order valence-electron chi connectivity index (χ4n) is 5.19. The number of ether oxygens (including phenoxy) is 1. The number of phenols is 1. The maximum atomic E-state index is 10.6. The van der Waals surface area contributed by atoms with Gasteiger partial charge in [0.15, 0.2) is 0 Å². The molecule has 0 bridgehead atoms. The second kappa shape index (κ2) is 8.58. The van der Waals surface area contributed by atoms with E-state index in [1.807, 2.05) is 19.1 Å². The molecular formula is C26H31N3O2. The Morgan fingerprint density at radius 3 is 2.71 bits per heavy atom. The van der Waals surface area contributed by atoms with E-state index in [0.717, 1.165) is 66.8 Å². The van der Waals surface area contributed by atoms with E-state index in [0.29, 0.717) is 18.2 Å². The largest absolute Gasteiger partial charge is 0.507 e. The van der Waals surface area contributed by atoms with Crippen LogP contribution in [-0.4, -0.2) is 40.7 Å². The fraction of sp³-hybridized carbons (Fsp3) is 0.423. The van der Waals surface area contributed by atoms with Gasteiger partial charge in [-0.25, -0.2) is 0 Å². The van der Waals surface area contributed by atoms with Crippen LogP contribution in [0.25, 0.3) is 10.9 Å². The summed E-state index contributed by atoms with van der Waals surface area (Å²) < 4.78 is 6.43. The lowest BCUT2D eigenvalue weighted by atomic mass is 9.83.